The van der Waals surface area contributed by atoms with Gasteiger partial charge in [-0.25, -0.2) is 19.2 Å². The summed E-state index contributed by atoms with van der Waals surface area (Å²) in [6, 6.07) is 15.2. The molecule has 0 aliphatic carbocycles. The first-order valence-electron chi connectivity index (χ1n) is 12.7. The molecule has 1 aliphatic rings. The number of nitrogens with two attached hydrogens (primary N) is 1. The van der Waals surface area contributed by atoms with Crippen molar-refractivity contribution < 1.29 is 23.0 Å². The highest BCUT2D eigenvalue weighted by molar-refractivity contribution is 7.98. The summed E-state index contributed by atoms with van der Waals surface area (Å²) in [5.74, 6) is 0.963. The van der Waals surface area contributed by atoms with Crippen LogP contribution in [0.4, 0.5) is 15.9 Å². The SMILES string of the molecule is [C-]#[N+]c1c(N)nc(SCc2nc(-c3ccc(F)cc3)oc2C)c(C#N)c1-c1ccc(OC[C@@H]2COC(C)(C)O2)cc1. The highest BCUT2D eigenvalue weighted by Crippen LogP contribution is 2.42. The Bertz CT molecular complexity index is 1660. The maximum Gasteiger partial charge on any atom is 0.236 e. The highest BCUT2D eigenvalue weighted by Gasteiger charge is 2.33. The summed E-state index contributed by atoms with van der Waals surface area (Å²) in [4.78, 5) is 12.5. The van der Waals surface area contributed by atoms with Gasteiger partial charge in [-0.3, -0.25) is 0 Å². The number of nitrogens with zero attached hydrogens (tertiary/aromatic N) is 4. The van der Waals surface area contributed by atoms with Crippen molar-refractivity contribution in [3.05, 3.63) is 82.8 Å². The Kier molecular flexibility index (Phi) is 7.95. The van der Waals surface area contributed by atoms with Crippen molar-refractivity contribution in [3.8, 4) is 34.4 Å². The molecule has 0 amide bonds. The van der Waals surface area contributed by atoms with Crippen LogP contribution in [0.15, 0.2) is 58.0 Å². The number of hydrogen-bond donors (Lipinski definition) is 1. The lowest BCUT2D eigenvalue weighted by Crippen LogP contribution is -2.25. The molecule has 3 heterocycles. The van der Waals surface area contributed by atoms with E-state index in [1.807, 2.05) is 13.8 Å². The van der Waals surface area contributed by atoms with Crippen LogP contribution in [0.1, 0.15) is 30.9 Å². The van der Waals surface area contributed by atoms with Crippen molar-refractivity contribution in [2.24, 2.45) is 0 Å². The Morgan fingerprint density at radius 1 is 1.17 bits per heavy atom. The second kappa shape index (κ2) is 11.6. The number of nitrogen functional groups attached to an aromatic ring is 1. The maximum atomic E-state index is 13.3. The van der Waals surface area contributed by atoms with Crippen LogP contribution in [0.25, 0.3) is 27.4 Å². The third-order valence-electron chi connectivity index (χ3n) is 6.36. The number of aryl methyl sites for hydroxylation is 1. The molecule has 0 spiro atoms. The van der Waals surface area contributed by atoms with Crippen LogP contribution in [0.2, 0.25) is 0 Å². The Morgan fingerprint density at radius 3 is 2.51 bits per heavy atom. The van der Waals surface area contributed by atoms with Crippen molar-refractivity contribution >= 4 is 23.3 Å². The molecular weight excluding hydrogens is 545 g/mol. The molecule has 9 nitrogen and oxygen atoms in total. The van der Waals surface area contributed by atoms with Crippen LogP contribution in [0.3, 0.4) is 0 Å². The van der Waals surface area contributed by atoms with Crippen LogP contribution >= 0.6 is 11.8 Å². The van der Waals surface area contributed by atoms with Gasteiger partial charge in [-0.2, -0.15) is 5.26 Å². The summed E-state index contributed by atoms with van der Waals surface area (Å²) in [5, 5.41) is 10.5. The summed E-state index contributed by atoms with van der Waals surface area (Å²) >= 11 is 1.27. The number of pyridine rings is 1. The summed E-state index contributed by atoms with van der Waals surface area (Å²) in [5.41, 5.74) is 8.87. The molecule has 5 rings (SSSR count). The lowest BCUT2D eigenvalue weighted by atomic mass is 10.00. The van der Waals surface area contributed by atoms with Gasteiger partial charge >= 0.3 is 0 Å². The third-order valence-corrected chi connectivity index (χ3v) is 7.35. The predicted molar refractivity (Wildman–Crippen MR) is 152 cm³/mol. The summed E-state index contributed by atoms with van der Waals surface area (Å²) in [6.45, 7) is 14.0. The molecule has 0 radical (unpaired) electrons. The minimum atomic E-state index is -0.629. The van der Waals surface area contributed by atoms with Crippen LogP contribution < -0.4 is 10.5 Å². The molecule has 2 N–H and O–H groups in total. The van der Waals surface area contributed by atoms with E-state index in [0.717, 1.165) is 0 Å². The van der Waals surface area contributed by atoms with E-state index in [-0.39, 0.29) is 29.0 Å². The predicted octanol–water partition coefficient (Wildman–Crippen LogP) is 6.68. The first kappa shape index (κ1) is 28.1. The van der Waals surface area contributed by atoms with Crippen LogP contribution in [-0.2, 0) is 15.2 Å². The van der Waals surface area contributed by atoms with E-state index in [1.54, 1.807) is 43.3 Å². The maximum absolute atomic E-state index is 13.3. The van der Waals surface area contributed by atoms with Gasteiger partial charge in [0.25, 0.3) is 0 Å². The molecule has 0 unspecified atom stereocenters. The van der Waals surface area contributed by atoms with Gasteiger partial charge < -0.3 is 24.4 Å². The monoisotopic (exact) mass is 571 g/mol. The fourth-order valence-electron chi connectivity index (χ4n) is 4.34. The molecule has 1 aliphatic heterocycles. The number of anilines is 1. The highest BCUT2D eigenvalue weighted by atomic mass is 32.2. The van der Waals surface area contributed by atoms with Crippen molar-refractivity contribution in [1.29, 1.82) is 5.26 Å². The number of halogens is 1. The van der Waals surface area contributed by atoms with Gasteiger partial charge in [-0.05, 0) is 62.7 Å². The molecule has 1 fully saturated rings. The van der Waals surface area contributed by atoms with Gasteiger partial charge in [-0.15, -0.1) is 0 Å². The zero-order valence-electron chi connectivity index (χ0n) is 22.6. The second-order valence-electron chi connectivity index (χ2n) is 9.73. The molecule has 0 saturated carbocycles. The number of benzene rings is 2. The first-order valence-corrected chi connectivity index (χ1v) is 13.7. The number of aromatic nitrogens is 2. The number of nitriles is 1. The summed E-state index contributed by atoms with van der Waals surface area (Å²) < 4.78 is 36.3. The Morgan fingerprint density at radius 2 is 1.88 bits per heavy atom. The first-order chi connectivity index (χ1) is 19.7. The molecular formula is C30H26FN5O4S. The van der Waals surface area contributed by atoms with Crippen molar-refractivity contribution in [2.75, 3.05) is 18.9 Å². The van der Waals surface area contributed by atoms with Crippen molar-refractivity contribution in [2.45, 2.75) is 43.4 Å². The Hall–Kier alpha value is -4.42. The van der Waals surface area contributed by atoms with Crippen molar-refractivity contribution in [3.63, 3.8) is 0 Å². The van der Waals surface area contributed by atoms with Gasteiger partial charge in [0.15, 0.2) is 5.79 Å². The van der Waals surface area contributed by atoms with Crippen LogP contribution in [0.5, 0.6) is 5.75 Å². The second-order valence-corrected chi connectivity index (χ2v) is 10.7. The fourth-order valence-corrected chi connectivity index (χ4v) is 5.34. The molecule has 2 aromatic carbocycles. The average Bonchev–Trinajstić information content (AvgIpc) is 3.51. The fraction of sp³-hybridized carbons (Fsp3) is 0.267. The quantitative estimate of drug-likeness (QED) is 0.182. The smallest absolute Gasteiger partial charge is 0.236 e. The number of ether oxygens (including phenoxy) is 3. The summed E-state index contributed by atoms with van der Waals surface area (Å²) in [7, 11) is 0. The van der Waals surface area contributed by atoms with Gasteiger partial charge in [0, 0.05) is 16.9 Å². The van der Waals surface area contributed by atoms with E-state index in [4.69, 9.17) is 30.9 Å². The lowest BCUT2D eigenvalue weighted by Gasteiger charge is -2.17. The number of thioether (sulfide) groups is 1. The van der Waals surface area contributed by atoms with E-state index in [2.05, 4.69) is 20.9 Å². The van der Waals surface area contributed by atoms with E-state index in [0.29, 0.717) is 63.8 Å². The molecule has 11 heteroatoms. The number of rotatable bonds is 8. The zero-order valence-corrected chi connectivity index (χ0v) is 23.4. The van der Waals surface area contributed by atoms with E-state index >= 15 is 0 Å². The molecule has 1 atom stereocenters. The van der Waals surface area contributed by atoms with Crippen LogP contribution in [-0.4, -0.2) is 35.1 Å². The molecule has 2 aromatic heterocycles. The third kappa shape index (κ3) is 6.18. The lowest BCUT2D eigenvalue weighted by molar-refractivity contribution is -0.141. The number of oxazole rings is 1. The van der Waals surface area contributed by atoms with Gasteiger partial charge in [0.05, 0.1) is 24.4 Å². The number of hydrogen-bond acceptors (Lipinski definition) is 9. The summed E-state index contributed by atoms with van der Waals surface area (Å²) in [6.07, 6.45) is -0.178. The standard InChI is InChI=1S/C30H26FN5O4S/c1-17-24(35-28(39-17)19-5-9-20(31)10-6-19)16-41-29-23(13-32)25(26(34-4)27(33)36-29)18-7-11-21(12-8-18)37-14-22-15-38-30(2,3)40-22/h5-12,22H,14-16H2,1-3H3,(H2,33,36)/t22-/m1/s1. The minimum Gasteiger partial charge on any atom is -0.491 e. The zero-order chi connectivity index (χ0) is 29.1. The van der Waals surface area contributed by atoms with Crippen LogP contribution in [0, 0.1) is 30.6 Å². The van der Waals surface area contributed by atoms with Gasteiger partial charge in [0.1, 0.15) is 47.0 Å². The molecule has 208 valence electrons. The molecule has 41 heavy (non-hydrogen) atoms. The van der Waals surface area contributed by atoms with Gasteiger partial charge in [-0.1, -0.05) is 23.9 Å². The average molecular weight is 572 g/mol. The molecule has 4 aromatic rings. The molecule has 1 saturated heterocycles. The topological polar surface area (TPSA) is 121 Å². The van der Waals surface area contributed by atoms with E-state index in [1.165, 1.54) is 23.9 Å². The van der Waals surface area contributed by atoms with Crippen molar-refractivity contribution in [1.82, 2.24) is 9.97 Å². The Balaban J connectivity index is 1.37. The Labute approximate surface area is 240 Å². The van der Waals surface area contributed by atoms with E-state index in [9.17, 15) is 9.65 Å². The normalized spacial score (nSPS) is 15.8. The van der Waals surface area contributed by atoms with E-state index < -0.39 is 5.79 Å². The largest absolute Gasteiger partial charge is 0.491 e. The minimum absolute atomic E-state index is 0.0294. The van der Waals surface area contributed by atoms with Gasteiger partial charge in [0.2, 0.25) is 11.6 Å². The molecule has 0 bridgehead atoms.